The predicted octanol–water partition coefficient (Wildman–Crippen LogP) is 0.844. The standard InChI is InChI=1S/C10H18N4O/c1-7-5-8(12-9(15)6-11)14(13-7)10(2,3)4/h5H,6,11H2,1-4H3,(H,12,15). The number of carbonyl (C=O) groups is 1. The molecule has 0 atom stereocenters. The van der Waals surface area contributed by atoms with Crippen LogP contribution < -0.4 is 11.1 Å². The fraction of sp³-hybridized carbons (Fsp3) is 0.600. The molecular weight excluding hydrogens is 192 g/mol. The van der Waals surface area contributed by atoms with E-state index in [9.17, 15) is 4.79 Å². The molecule has 5 heteroatoms. The van der Waals surface area contributed by atoms with Crippen LogP contribution in [0.2, 0.25) is 0 Å². The molecule has 1 amide bonds. The Morgan fingerprint density at radius 3 is 2.67 bits per heavy atom. The van der Waals surface area contributed by atoms with Gasteiger partial charge in [0.15, 0.2) is 0 Å². The monoisotopic (exact) mass is 210 g/mol. The van der Waals surface area contributed by atoms with E-state index in [0.717, 1.165) is 5.69 Å². The molecular formula is C10H18N4O. The molecule has 0 spiro atoms. The van der Waals surface area contributed by atoms with Crippen LogP contribution in [-0.2, 0) is 10.3 Å². The van der Waals surface area contributed by atoms with Gasteiger partial charge in [0, 0.05) is 6.07 Å². The zero-order valence-electron chi connectivity index (χ0n) is 9.66. The second-order valence-electron chi connectivity index (χ2n) is 4.51. The predicted molar refractivity (Wildman–Crippen MR) is 59.6 cm³/mol. The summed E-state index contributed by atoms with van der Waals surface area (Å²) in [7, 11) is 0. The molecule has 3 N–H and O–H groups in total. The largest absolute Gasteiger partial charge is 0.322 e. The highest BCUT2D eigenvalue weighted by molar-refractivity contribution is 5.91. The Hall–Kier alpha value is -1.36. The van der Waals surface area contributed by atoms with Gasteiger partial charge in [0.1, 0.15) is 5.82 Å². The van der Waals surface area contributed by atoms with Crippen LogP contribution in [0.15, 0.2) is 6.07 Å². The van der Waals surface area contributed by atoms with Crippen LogP contribution in [0.3, 0.4) is 0 Å². The van der Waals surface area contributed by atoms with Crippen LogP contribution in [0.5, 0.6) is 0 Å². The van der Waals surface area contributed by atoms with Crippen LogP contribution in [-0.4, -0.2) is 22.2 Å². The van der Waals surface area contributed by atoms with Crippen molar-refractivity contribution in [1.82, 2.24) is 9.78 Å². The maximum absolute atomic E-state index is 11.2. The molecule has 0 aliphatic heterocycles. The molecule has 1 aromatic heterocycles. The van der Waals surface area contributed by atoms with Gasteiger partial charge in [-0.05, 0) is 27.7 Å². The molecule has 1 heterocycles. The normalized spacial score (nSPS) is 11.5. The number of carbonyl (C=O) groups excluding carboxylic acids is 1. The van der Waals surface area contributed by atoms with Gasteiger partial charge in [-0.15, -0.1) is 0 Å². The van der Waals surface area contributed by atoms with E-state index in [1.54, 1.807) is 4.68 Å². The quantitative estimate of drug-likeness (QED) is 0.759. The van der Waals surface area contributed by atoms with Crippen LogP contribution in [0.4, 0.5) is 5.82 Å². The lowest BCUT2D eigenvalue weighted by molar-refractivity contribution is -0.115. The van der Waals surface area contributed by atoms with Gasteiger partial charge in [-0.25, -0.2) is 4.68 Å². The van der Waals surface area contributed by atoms with E-state index in [2.05, 4.69) is 10.4 Å². The fourth-order valence-electron chi connectivity index (χ4n) is 1.29. The number of nitrogens with one attached hydrogen (secondary N) is 1. The van der Waals surface area contributed by atoms with Gasteiger partial charge < -0.3 is 11.1 Å². The first kappa shape index (κ1) is 11.7. The van der Waals surface area contributed by atoms with Gasteiger partial charge in [0.25, 0.3) is 0 Å². The molecule has 5 nitrogen and oxygen atoms in total. The Labute approximate surface area is 89.6 Å². The number of hydrogen-bond acceptors (Lipinski definition) is 3. The summed E-state index contributed by atoms with van der Waals surface area (Å²) in [5.41, 5.74) is 5.96. The lowest BCUT2D eigenvalue weighted by Gasteiger charge is -2.22. The minimum atomic E-state index is -0.208. The van der Waals surface area contributed by atoms with Crippen molar-refractivity contribution in [3.05, 3.63) is 11.8 Å². The van der Waals surface area contributed by atoms with E-state index in [-0.39, 0.29) is 18.0 Å². The Balaban J connectivity index is 3.02. The first-order valence-corrected chi connectivity index (χ1v) is 4.91. The van der Waals surface area contributed by atoms with E-state index in [0.29, 0.717) is 5.82 Å². The molecule has 1 rings (SSSR count). The number of nitrogens with two attached hydrogens (primary N) is 1. The molecule has 0 saturated carbocycles. The molecule has 15 heavy (non-hydrogen) atoms. The van der Waals surface area contributed by atoms with Crippen LogP contribution in [0.1, 0.15) is 26.5 Å². The average Bonchev–Trinajstić information content (AvgIpc) is 2.45. The molecule has 1 aromatic rings. The lowest BCUT2D eigenvalue weighted by Crippen LogP contribution is -2.29. The van der Waals surface area contributed by atoms with Gasteiger partial charge in [-0.1, -0.05) is 0 Å². The first-order valence-electron chi connectivity index (χ1n) is 4.91. The summed E-state index contributed by atoms with van der Waals surface area (Å²) < 4.78 is 1.79. The second kappa shape index (κ2) is 4.02. The highest BCUT2D eigenvalue weighted by Gasteiger charge is 2.19. The minimum absolute atomic E-state index is 0.0195. The third-order valence-electron chi connectivity index (χ3n) is 1.92. The van der Waals surface area contributed by atoms with E-state index < -0.39 is 0 Å². The average molecular weight is 210 g/mol. The molecule has 84 valence electrons. The molecule has 0 aliphatic rings. The number of hydrogen-bond donors (Lipinski definition) is 2. The van der Waals surface area contributed by atoms with Gasteiger partial charge in [-0.3, -0.25) is 4.79 Å². The second-order valence-corrected chi connectivity index (χ2v) is 4.51. The van der Waals surface area contributed by atoms with Gasteiger partial charge in [0.05, 0.1) is 17.8 Å². The van der Waals surface area contributed by atoms with Crippen molar-refractivity contribution in [2.45, 2.75) is 33.2 Å². The van der Waals surface area contributed by atoms with Crippen molar-refractivity contribution in [2.24, 2.45) is 5.73 Å². The smallest absolute Gasteiger partial charge is 0.239 e. The zero-order chi connectivity index (χ0) is 11.6. The van der Waals surface area contributed by atoms with Crippen molar-refractivity contribution >= 4 is 11.7 Å². The Morgan fingerprint density at radius 2 is 2.20 bits per heavy atom. The third-order valence-corrected chi connectivity index (χ3v) is 1.92. The number of aryl methyl sites for hydroxylation is 1. The lowest BCUT2D eigenvalue weighted by atomic mass is 10.1. The minimum Gasteiger partial charge on any atom is -0.322 e. The summed E-state index contributed by atoms with van der Waals surface area (Å²) in [4.78, 5) is 11.2. The van der Waals surface area contributed by atoms with E-state index in [1.807, 2.05) is 33.8 Å². The van der Waals surface area contributed by atoms with Crippen LogP contribution in [0, 0.1) is 6.92 Å². The molecule has 0 aromatic carbocycles. The molecule has 0 saturated heterocycles. The summed E-state index contributed by atoms with van der Waals surface area (Å²) in [6, 6.07) is 1.83. The number of amides is 1. The van der Waals surface area contributed by atoms with Crippen LogP contribution >= 0.6 is 0 Å². The maximum Gasteiger partial charge on any atom is 0.239 e. The SMILES string of the molecule is Cc1cc(NC(=O)CN)n(C(C)(C)C)n1. The molecule has 0 fully saturated rings. The van der Waals surface area contributed by atoms with Gasteiger partial charge in [0.2, 0.25) is 5.91 Å². The first-order chi connectivity index (χ1) is 6.84. The van der Waals surface area contributed by atoms with Gasteiger partial charge in [-0.2, -0.15) is 5.10 Å². The van der Waals surface area contributed by atoms with Crippen LogP contribution in [0.25, 0.3) is 0 Å². The highest BCUT2D eigenvalue weighted by Crippen LogP contribution is 2.20. The number of rotatable bonds is 2. The summed E-state index contributed by atoms with van der Waals surface area (Å²) in [5, 5.41) is 7.05. The number of nitrogens with zero attached hydrogens (tertiary/aromatic N) is 2. The summed E-state index contributed by atoms with van der Waals surface area (Å²) in [6.45, 7) is 7.95. The maximum atomic E-state index is 11.2. The Bertz CT molecular complexity index is 362. The van der Waals surface area contributed by atoms with E-state index >= 15 is 0 Å². The topological polar surface area (TPSA) is 72.9 Å². The Morgan fingerprint density at radius 1 is 1.60 bits per heavy atom. The number of anilines is 1. The fourth-order valence-corrected chi connectivity index (χ4v) is 1.29. The van der Waals surface area contributed by atoms with Crippen molar-refractivity contribution in [3.63, 3.8) is 0 Å². The summed E-state index contributed by atoms with van der Waals surface area (Å²) >= 11 is 0. The van der Waals surface area contributed by atoms with Crippen molar-refractivity contribution in [3.8, 4) is 0 Å². The Kier molecular flexibility index (Phi) is 3.14. The van der Waals surface area contributed by atoms with Crippen molar-refractivity contribution in [2.75, 3.05) is 11.9 Å². The van der Waals surface area contributed by atoms with E-state index in [1.165, 1.54) is 0 Å². The molecule has 0 unspecified atom stereocenters. The number of aromatic nitrogens is 2. The molecule has 0 aliphatic carbocycles. The summed E-state index contributed by atoms with van der Waals surface area (Å²) in [6.07, 6.45) is 0. The molecule has 0 bridgehead atoms. The van der Waals surface area contributed by atoms with Gasteiger partial charge >= 0.3 is 0 Å². The van der Waals surface area contributed by atoms with E-state index in [4.69, 9.17) is 5.73 Å². The zero-order valence-corrected chi connectivity index (χ0v) is 9.66. The third kappa shape index (κ3) is 2.79. The molecule has 0 radical (unpaired) electrons. The highest BCUT2D eigenvalue weighted by atomic mass is 16.1. The van der Waals surface area contributed by atoms with Crippen molar-refractivity contribution in [1.29, 1.82) is 0 Å². The van der Waals surface area contributed by atoms with Crippen molar-refractivity contribution < 1.29 is 4.79 Å². The summed E-state index contributed by atoms with van der Waals surface area (Å²) in [5.74, 6) is 0.482.